The van der Waals surface area contributed by atoms with E-state index in [-0.39, 0.29) is 17.9 Å². The monoisotopic (exact) mass is 293 g/mol. The highest BCUT2D eigenvalue weighted by Crippen LogP contribution is 2.23. The fourth-order valence-electron chi connectivity index (χ4n) is 1.99. The summed E-state index contributed by atoms with van der Waals surface area (Å²) in [5.41, 5.74) is 2.10. The second-order valence-electron chi connectivity index (χ2n) is 6.23. The number of carbonyl (C=O) groups excluding carboxylic acids is 1. The highest BCUT2D eigenvalue weighted by molar-refractivity contribution is 5.80. The average molecular weight is 293 g/mol. The van der Waals surface area contributed by atoms with Gasteiger partial charge in [0.25, 0.3) is 0 Å². The molecule has 4 heteroatoms. The number of rotatable bonds is 6. The maximum atomic E-state index is 11.7. The molecule has 0 unspecified atom stereocenters. The van der Waals surface area contributed by atoms with Gasteiger partial charge in [0.05, 0.1) is 6.10 Å². The van der Waals surface area contributed by atoms with Gasteiger partial charge >= 0.3 is 0 Å². The molecular formula is C17H27NO3. The van der Waals surface area contributed by atoms with E-state index < -0.39 is 12.2 Å². The molecule has 0 aliphatic rings. The van der Waals surface area contributed by atoms with Gasteiger partial charge in [0.2, 0.25) is 5.91 Å². The zero-order chi connectivity index (χ0) is 16.0. The zero-order valence-corrected chi connectivity index (χ0v) is 13.6. The molecule has 1 amide bonds. The molecule has 1 aromatic rings. The van der Waals surface area contributed by atoms with Gasteiger partial charge < -0.3 is 15.2 Å². The maximum Gasteiger partial charge on any atom is 0.248 e. The SMILES string of the molecule is CCO[C@H](C)C(=O)NC[C@@H](O)c1ccc(C(C)(C)C)cc1. The fourth-order valence-corrected chi connectivity index (χ4v) is 1.99. The predicted octanol–water partition coefficient (Wildman–Crippen LogP) is 2.56. The smallest absolute Gasteiger partial charge is 0.248 e. The highest BCUT2D eigenvalue weighted by Gasteiger charge is 2.16. The van der Waals surface area contributed by atoms with Crippen LogP contribution in [-0.4, -0.2) is 30.3 Å². The summed E-state index contributed by atoms with van der Waals surface area (Å²) in [6, 6.07) is 7.85. The van der Waals surface area contributed by atoms with Gasteiger partial charge in [-0.2, -0.15) is 0 Å². The number of aliphatic hydroxyl groups excluding tert-OH is 1. The summed E-state index contributed by atoms with van der Waals surface area (Å²) in [7, 11) is 0. The third-order valence-corrected chi connectivity index (χ3v) is 3.42. The lowest BCUT2D eigenvalue weighted by Crippen LogP contribution is -2.37. The van der Waals surface area contributed by atoms with Crippen LogP contribution in [0.1, 0.15) is 51.8 Å². The Morgan fingerprint density at radius 3 is 2.33 bits per heavy atom. The van der Waals surface area contributed by atoms with Crippen molar-refractivity contribution in [3.05, 3.63) is 35.4 Å². The van der Waals surface area contributed by atoms with E-state index in [0.29, 0.717) is 6.61 Å². The first-order chi connectivity index (χ1) is 9.75. The molecule has 0 radical (unpaired) electrons. The number of amides is 1. The Morgan fingerprint density at radius 1 is 1.29 bits per heavy atom. The molecule has 118 valence electrons. The van der Waals surface area contributed by atoms with Crippen LogP contribution in [0.3, 0.4) is 0 Å². The van der Waals surface area contributed by atoms with Gasteiger partial charge in [0.1, 0.15) is 6.10 Å². The van der Waals surface area contributed by atoms with Crippen molar-refractivity contribution in [3.63, 3.8) is 0 Å². The molecule has 0 bridgehead atoms. The summed E-state index contributed by atoms with van der Waals surface area (Å²) in [4.78, 5) is 11.7. The van der Waals surface area contributed by atoms with E-state index in [1.165, 1.54) is 5.56 Å². The molecule has 1 aromatic carbocycles. The minimum atomic E-state index is -0.711. The number of nitrogens with one attached hydrogen (secondary N) is 1. The summed E-state index contributed by atoms with van der Waals surface area (Å²) in [6.07, 6.45) is -1.21. The molecule has 0 spiro atoms. The Bertz CT molecular complexity index is 448. The summed E-state index contributed by atoms with van der Waals surface area (Å²) >= 11 is 0. The van der Waals surface area contributed by atoms with E-state index in [0.717, 1.165) is 5.56 Å². The molecule has 1 rings (SSSR count). The average Bonchev–Trinajstić information content (AvgIpc) is 2.43. The number of carbonyl (C=O) groups is 1. The standard InChI is InChI=1S/C17H27NO3/c1-6-21-12(2)16(20)18-11-15(19)13-7-9-14(10-8-13)17(3,4)5/h7-10,12,15,19H,6,11H2,1-5H3,(H,18,20)/t12-,15-/m1/s1. The number of aliphatic hydroxyl groups is 1. The Labute approximate surface area is 127 Å². The Balaban J connectivity index is 2.56. The molecule has 0 saturated heterocycles. The first-order valence-corrected chi connectivity index (χ1v) is 7.43. The molecule has 0 heterocycles. The third-order valence-electron chi connectivity index (χ3n) is 3.42. The van der Waals surface area contributed by atoms with Gasteiger partial charge in [0.15, 0.2) is 0 Å². The molecule has 0 aromatic heterocycles. The molecule has 0 aliphatic heterocycles. The van der Waals surface area contributed by atoms with Crippen LogP contribution in [0.4, 0.5) is 0 Å². The molecule has 21 heavy (non-hydrogen) atoms. The van der Waals surface area contributed by atoms with Crippen molar-refractivity contribution in [2.75, 3.05) is 13.2 Å². The minimum Gasteiger partial charge on any atom is -0.387 e. The number of ether oxygens (including phenoxy) is 1. The van der Waals surface area contributed by atoms with Crippen LogP contribution in [0.15, 0.2) is 24.3 Å². The van der Waals surface area contributed by atoms with Gasteiger partial charge in [-0.15, -0.1) is 0 Å². The summed E-state index contributed by atoms with van der Waals surface area (Å²) in [5, 5.41) is 12.8. The largest absolute Gasteiger partial charge is 0.387 e. The number of hydrogen-bond donors (Lipinski definition) is 2. The van der Waals surface area contributed by atoms with Crippen molar-refractivity contribution in [2.24, 2.45) is 0 Å². The van der Waals surface area contributed by atoms with Gasteiger partial charge in [-0.05, 0) is 30.4 Å². The second kappa shape index (κ2) is 7.57. The lowest BCUT2D eigenvalue weighted by Gasteiger charge is -2.20. The molecule has 2 N–H and O–H groups in total. The molecule has 2 atom stereocenters. The molecule has 0 aliphatic carbocycles. The van der Waals surface area contributed by atoms with E-state index in [1.807, 2.05) is 31.2 Å². The van der Waals surface area contributed by atoms with Gasteiger partial charge in [0, 0.05) is 13.2 Å². The van der Waals surface area contributed by atoms with Crippen LogP contribution >= 0.6 is 0 Å². The predicted molar refractivity (Wildman–Crippen MR) is 84.2 cm³/mol. The van der Waals surface area contributed by atoms with E-state index >= 15 is 0 Å². The molecule has 4 nitrogen and oxygen atoms in total. The van der Waals surface area contributed by atoms with Gasteiger partial charge in [-0.25, -0.2) is 0 Å². The van der Waals surface area contributed by atoms with Crippen LogP contribution in [0.25, 0.3) is 0 Å². The van der Waals surface area contributed by atoms with Crippen LogP contribution in [0.5, 0.6) is 0 Å². The van der Waals surface area contributed by atoms with Crippen LogP contribution in [0, 0.1) is 0 Å². The van der Waals surface area contributed by atoms with Gasteiger partial charge in [-0.1, -0.05) is 45.0 Å². The Kier molecular flexibility index (Phi) is 6.37. The van der Waals surface area contributed by atoms with Crippen molar-refractivity contribution in [3.8, 4) is 0 Å². The maximum absolute atomic E-state index is 11.7. The Hall–Kier alpha value is -1.39. The quantitative estimate of drug-likeness (QED) is 0.847. The van der Waals surface area contributed by atoms with E-state index in [2.05, 4.69) is 26.1 Å². The van der Waals surface area contributed by atoms with Crippen LogP contribution < -0.4 is 5.32 Å². The molecular weight excluding hydrogens is 266 g/mol. The summed E-state index contributed by atoms with van der Waals surface area (Å²) < 4.78 is 5.20. The highest BCUT2D eigenvalue weighted by atomic mass is 16.5. The van der Waals surface area contributed by atoms with Gasteiger partial charge in [-0.3, -0.25) is 4.79 Å². The lowest BCUT2D eigenvalue weighted by atomic mass is 9.86. The van der Waals surface area contributed by atoms with Crippen molar-refractivity contribution in [1.29, 1.82) is 0 Å². The van der Waals surface area contributed by atoms with Crippen LogP contribution in [-0.2, 0) is 14.9 Å². The summed E-state index contributed by atoms with van der Waals surface area (Å²) in [5.74, 6) is -0.206. The molecule has 0 saturated carbocycles. The van der Waals surface area contributed by atoms with Crippen molar-refractivity contribution >= 4 is 5.91 Å². The summed E-state index contributed by atoms with van der Waals surface area (Å²) in [6.45, 7) is 10.7. The van der Waals surface area contributed by atoms with E-state index in [9.17, 15) is 9.90 Å². The van der Waals surface area contributed by atoms with Crippen molar-refractivity contribution in [1.82, 2.24) is 5.32 Å². The molecule has 0 fully saturated rings. The first kappa shape index (κ1) is 17.7. The second-order valence-corrected chi connectivity index (χ2v) is 6.23. The number of hydrogen-bond acceptors (Lipinski definition) is 3. The number of benzene rings is 1. The van der Waals surface area contributed by atoms with E-state index in [1.54, 1.807) is 6.92 Å². The fraction of sp³-hybridized carbons (Fsp3) is 0.588. The zero-order valence-electron chi connectivity index (χ0n) is 13.6. The first-order valence-electron chi connectivity index (χ1n) is 7.43. The lowest BCUT2D eigenvalue weighted by molar-refractivity contribution is -0.131. The normalized spacial score (nSPS) is 14.6. The van der Waals surface area contributed by atoms with E-state index in [4.69, 9.17) is 4.74 Å². The topological polar surface area (TPSA) is 58.6 Å². The minimum absolute atomic E-state index is 0.0879. The van der Waals surface area contributed by atoms with Crippen LogP contribution in [0.2, 0.25) is 0 Å². The van der Waals surface area contributed by atoms with Crippen molar-refractivity contribution < 1.29 is 14.6 Å². The van der Waals surface area contributed by atoms with Crippen molar-refractivity contribution in [2.45, 2.75) is 52.2 Å². The Morgan fingerprint density at radius 2 is 1.86 bits per heavy atom. The third kappa shape index (κ3) is 5.48.